The number of rotatable bonds is 6. The molecule has 2 aliphatic rings. The van der Waals surface area contributed by atoms with Gasteiger partial charge in [-0.15, -0.1) is 0 Å². The molecule has 0 spiro atoms. The first-order valence-corrected chi connectivity index (χ1v) is 7.95. The second-order valence-corrected chi connectivity index (χ2v) is 9.15. The third kappa shape index (κ3) is 2.88. The van der Waals surface area contributed by atoms with Crippen molar-refractivity contribution in [3.63, 3.8) is 0 Å². The van der Waals surface area contributed by atoms with Gasteiger partial charge in [0.2, 0.25) is 0 Å². The van der Waals surface area contributed by atoms with E-state index in [-0.39, 0.29) is 10.0 Å². The van der Waals surface area contributed by atoms with Gasteiger partial charge in [0, 0.05) is 13.2 Å². The van der Waals surface area contributed by atoms with E-state index < -0.39 is 0 Å². The topological polar surface area (TPSA) is 9.23 Å². The van der Waals surface area contributed by atoms with Crippen LogP contribution in [0.25, 0.3) is 0 Å². The summed E-state index contributed by atoms with van der Waals surface area (Å²) in [5, 5.41) is 1.05. The first-order chi connectivity index (χ1) is 6.21. The van der Waals surface area contributed by atoms with Gasteiger partial charge in [-0.05, 0) is 48.2 Å². The van der Waals surface area contributed by atoms with Crippen LogP contribution in [0, 0.1) is 5.92 Å². The van der Waals surface area contributed by atoms with Crippen molar-refractivity contribution in [1.29, 1.82) is 0 Å². The normalized spacial score (nSPS) is 42.8. The van der Waals surface area contributed by atoms with Crippen molar-refractivity contribution in [1.82, 2.24) is 0 Å². The lowest BCUT2D eigenvalue weighted by atomic mass is 10.4. The van der Waals surface area contributed by atoms with Crippen molar-refractivity contribution in [2.75, 3.05) is 31.0 Å². The number of ether oxygens (including phenoxy) is 1. The van der Waals surface area contributed by atoms with Gasteiger partial charge in [-0.3, -0.25) is 0 Å². The molecule has 1 saturated heterocycles. The second-order valence-electron chi connectivity index (χ2n) is 4.90. The first kappa shape index (κ1) is 9.85. The maximum atomic E-state index is 5.63. The van der Waals surface area contributed by atoms with Crippen LogP contribution >= 0.6 is 10.0 Å². The molecule has 13 heavy (non-hydrogen) atoms. The van der Waals surface area contributed by atoms with Crippen LogP contribution in [0.3, 0.4) is 0 Å². The van der Waals surface area contributed by atoms with Gasteiger partial charge in [-0.2, -0.15) is 0 Å². The fraction of sp³-hybridized carbons (Fsp3) is 1.00. The van der Waals surface area contributed by atoms with E-state index >= 15 is 0 Å². The molecule has 1 aliphatic carbocycles. The Labute approximate surface area is 83.5 Å². The Balaban J connectivity index is 1.44. The molecule has 2 fully saturated rings. The van der Waals surface area contributed by atoms with Gasteiger partial charge in [-0.25, -0.2) is 10.0 Å². The lowest BCUT2D eigenvalue weighted by Gasteiger charge is -2.14. The van der Waals surface area contributed by atoms with E-state index in [1.807, 2.05) is 0 Å². The van der Waals surface area contributed by atoms with Crippen molar-refractivity contribution in [2.24, 2.45) is 5.92 Å². The molecule has 0 radical (unpaired) electrons. The van der Waals surface area contributed by atoms with Gasteiger partial charge in [0.15, 0.2) is 0 Å². The number of hydrogen-bond donors (Lipinski definition) is 0. The van der Waals surface area contributed by atoms with Gasteiger partial charge in [0.1, 0.15) is 0 Å². The second kappa shape index (κ2) is 3.82. The maximum Gasteiger partial charge on any atom is 0.0494 e. The molecule has 0 N–H and O–H groups in total. The molecule has 0 aromatic carbocycles. The van der Waals surface area contributed by atoms with E-state index in [1.54, 1.807) is 0 Å². The summed E-state index contributed by atoms with van der Waals surface area (Å²) in [5.74, 6) is 3.91. The molecule has 0 aromatic heterocycles. The fourth-order valence-corrected chi connectivity index (χ4v) is 4.84. The van der Waals surface area contributed by atoms with Gasteiger partial charge in [-0.1, -0.05) is 6.92 Å². The molecule has 78 valence electrons. The third-order valence-corrected chi connectivity index (χ3v) is 7.59. The highest BCUT2D eigenvalue weighted by Gasteiger charge is 2.40. The molecule has 1 nitrogen and oxygen atoms in total. The third-order valence-electron chi connectivity index (χ3n) is 3.42. The van der Waals surface area contributed by atoms with Crippen LogP contribution < -0.4 is 0 Å². The summed E-state index contributed by atoms with van der Waals surface area (Å²) < 4.78 is 5.63. The Bertz CT molecular complexity index is 179. The largest absolute Gasteiger partial charge is 0.381 e. The quantitative estimate of drug-likeness (QED) is 0.475. The number of hydrogen-bond acceptors (Lipinski definition) is 1. The zero-order valence-corrected chi connectivity index (χ0v) is 9.74. The molecule has 0 amide bonds. The van der Waals surface area contributed by atoms with Gasteiger partial charge in [0.25, 0.3) is 0 Å². The average molecular weight is 202 g/mol. The Morgan fingerprint density at radius 3 is 2.62 bits per heavy atom. The van der Waals surface area contributed by atoms with Crippen LogP contribution in [0.1, 0.15) is 26.2 Å². The molecular formula is C11H22OS. The Morgan fingerprint density at radius 2 is 2.08 bits per heavy atom. The van der Waals surface area contributed by atoms with E-state index in [1.165, 1.54) is 30.8 Å². The summed E-state index contributed by atoms with van der Waals surface area (Å²) in [6.45, 7) is 4.47. The zero-order chi connectivity index (χ0) is 9.31. The monoisotopic (exact) mass is 202 g/mol. The summed E-state index contributed by atoms with van der Waals surface area (Å²) in [6.07, 6.45) is 6.64. The smallest absolute Gasteiger partial charge is 0.0494 e. The highest BCUT2D eigenvalue weighted by Crippen LogP contribution is 2.65. The van der Waals surface area contributed by atoms with Gasteiger partial charge < -0.3 is 4.74 Å². The minimum atomic E-state index is -0.118. The lowest BCUT2D eigenvalue weighted by Crippen LogP contribution is -2.01. The van der Waals surface area contributed by atoms with Crippen LogP contribution in [-0.4, -0.2) is 36.2 Å². The molecule has 1 aliphatic heterocycles. The van der Waals surface area contributed by atoms with Gasteiger partial charge >= 0.3 is 0 Å². The van der Waals surface area contributed by atoms with Crippen LogP contribution in [0.2, 0.25) is 0 Å². The van der Waals surface area contributed by atoms with Crippen molar-refractivity contribution in [3.05, 3.63) is 0 Å². The Morgan fingerprint density at radius 1 is 1.38 bits per heavy atom. The molecule has 2 rings (SSSR count). The summed E-state index contributed by atoms with van der Waals surface area (Å²) in [7, 11) is -0.118. The first-order valence-electron chi connectivity index (χ1n) is 5.51. The van der Waals surface area contributed by atoms with Crippen LogP contribution in [-0.2, 0) is 4.74 Å². The van der Waals surface area contributed by atoms with E-state index in [9.17, 15) is 0 Å². The summed E-state index contributed by atoms with van der Waals surface area (Å²) in [6, 6.07) is 0. The summed E-state index contributed by atoms with van der Waals surface area (Å²) in [4.78, 5) is 0. The lowest BCUT2D eigenvalue weighted by molar-refractivity contribution is 0.125. The van der Waals surface area contributed by atoms with Crippen LogP contribution in [0.5, 0.6) is 0 Å². The predicted molar refractivity (Wildman–Crippen MR) is 60.9 cm³/mol. The van der Waals surface area contributed by atoms with Crippen molar-refractivity contribution in [2.45, 2.75) is 31.4 Å². The minimum absolute atomic E-state index is 0.118. The summed E-state index contributed by atoms with van der Waals surface area (Å²) in [5.41, 5.74) is 0. The highest BCUT2D eigenvalue weighted by atomic mass is 32.3. The van der Waals surface area contributed by atoms with E-state index in [0.29, 0.717) is 0 Å². The molecule has 1 heterocycles. The molecular weight excluding hydrogens is 180 g/mol. The standard InChI is InChI=1S/C11H22OS/c1-10-9-13(10,2)7-3-6-12-8-11-4-5-11/h10-11H,3-9H2,1-2H3. The van der Waals surface area contributed by atoms with E-state index in [2.05, 4.69) is 13.2 Å². The minimum Gasteiger partial charge on any atom is -0.381 e. The van der Waals surface area contributed by atoms with Crippen molar-refractivity contribution in [3.8, 4) is 0 Å². The maximum absolute atomic E-state index is 5.63. The van der Waals surface area contributed by atoms with E-state index in [4.69, 9.17) is 4.74 Å². The van der Waals surface area contributed by atoms with Crippen LogP contribution in [0.4, 0.5) is 0 Å². The molecule has 0 aromatic rings. The average Bonchev–Trinajstić information content (AvgIpc) is 2.94. The SMILES string of the molecule is CC1CS1(C)CCCOCC1CC1. The molecule has 2 heteroatoms. The molecule has 2 unspecified atom stereocenters. The van der Waals surface area contributed by atoms with Gasteiger partial charge in [0.05, 0.1) is 0 Å². The predicted octanol–water partition coefficient (Wildman–Crippen LogP) is 2.64. The molecule has 2 atom stereocenters. The highest BCUT2D eigenvalue weighted by molar-refractivity contribution is 8.39. The van der Waals surface area contributed by atoms with E-state index in [0.717, 1.165) is 24.4 Å². The van der Waals surface area contributed by atoms with Crippen molar-refractivity contribution < 1.29 is 4.74 Å². The Hall–Kier alpha value is 0.310. The molecule has 1 saturated carbocycles. The van der Waals surface area contributed by atoms with Crippen LogP contribution in [0.15, 0.2) is 0 Å². The van der Waals surface area contributed by atoms with Crippen molar-refractivity contribution >= 4 is 10.0 Å². The fourth-order valence-electron chi connectivity index (χ4n) is 1.81. The molecule has 0 bridgehead atoms. The zero-order valence-electron chi connectivity index (χ0n) is 8.92. The summed E-state index contributed by atoms with van der Waals surface area (Å²) >= 11 is 0. The Kier molecular flexibility index (Phi) is 2.89.